The van der Waals surface area contributed by atoms with Crippen LogP contribution < -0.4 is 0 Å². The number of rotatable bonds is 4. The Labute approximate surface area is 197 Å². The first-order chi connectivity index (χ1) is 16.1. The molecule has 33 heavy (non-hydrogen) atoms. The van der Waals surface area contributed by atoms with E-state index in [-0.39, 0.29) is 0 Å². The van der Waals surface area contributed by atoms with Crippen molar-refractivity contribution >= 4 is 16.7 Å². The van der Waals surface area contributed by atoms with E-state index in [1.807, 2.05) is 12.4 Å². The molecular weight excluding hydrogens is 408 g/mol. The summed E-state index contributed by atoms with van der Waals surface area (Å²) in [6.45, 7) is 5.16. The lowest BCUT2D eigenvalue weighted by Crippen LogP contribution is -2.50. The largest absolute Gasteiger partial charge is 0.381 e. The van der Waals surface area contributed by atoms with Gasteiger partial charge in [-0.15, -0.1) is 0 Å². The fourth-order valence-electron chi connectivity index (χ4n) is 5.76. The lowest BCUT2D eigenvalue weighted by Gasteiger charge is -2.40. The summed E-state index contributed by atoms with van der Waals surface area (Å²) < 4.78 is 5.68. The van der Waals surface area contributed by atoms with Gasteiger partial charge in [0.05, 0.1) is 5.41 Å². The summed E-state index contributed by atoms with van der Waals surface area (Å²) in [4.78, 5) is 20.4. The zero-order valence-corrected chi connectivity index (χ0v) is 19.6. The third kappa shape index (κ3) is 4.67. The van der Waals surface area contributed by atoms with E-state index < -0.39 is 5.41 Å². The molecule has 0 radical (unpaired) electrons. The van der Waals surface area contributed by atoms with Crippen molar-refractivity contribution in [3.8, 4) is 0 Å². The number of amides is 1. The first kappa shape index (κ1) is 22.1. The number of hydrogen-bond acceptors (Lipinski definition) is 3. The van der Waals surface area contributed by atoms with Crippen LogP contribution in [0.4, 0.5) is 0 Å². The number of benzene rings is 2. The molecule has 1 aromatic heterocycles. The maximum Gasteiger partial charge on any atom is 0.233 e. The quantitative estimate of drug-likeness (QED) is 0.539. The van der Waals surface area contributed by atoms with E-state index in [2.05, 4.69) is 65.3 Å². The molecule has 2 aliphatic heterocycles. The minimum absolute atomic E-state index is 0.315. The monoisotopic (exact) mass is 442 g/mol. The average Bonchev–Trinajstić information content (AvgIpc) is 3.09. The van der Waals surface area contributed by atoms with E-state index in [0.29, 0.717) is 25.0 Å². The van der Waals surface area contributed by atoms with Crippen LogP contribution >= 0.6 is 0 Å². The highest BCUT2D eigenvalue weighted by atomic mass is 16.5. The average molecular weight is 443 g/mol. The Morgan fingerprint density at radius 1 is 1.06 bits per heavy atom. The van der Waals surface area contributed by atoms with Gasteiger partial charge in [0.25, 0.3) is 0 Å². The number of carbonyl (C=O) groups is 1. The Kier molecular flexibility index (Phi) is 6.45. The minimum Gasteiger partial charge on any atom is -0.381 e. The van der Waals surface area contributed by atoms with Gasteiger partial charge in [-0.05, 0) is 73.9 Å². The lowest BCUT2D eigenvalue weighted by atomic mass is 9.72. The minimum atomic E-state index is -0.434. The Hall–Kier alpha value is -2.72. The molecular formula is C29H34N2O2. The third-order valence-corrected chi connectivity index (χ3v) is 7.69. The number of aromatic nitrogens is 1. The molecule has 5 rings (SSSR count). The summed E-state index contributed by atoms with van der Waals surface area (Å²) in [7, 11) is 0. The first-order valence-corrected chi connectivity index (χ1v) is 12.4. The molecule has 2 saturated heterocycles. The Morgan fingerprint density at radius 3 is 2.79 bits per heavy atom. The first-order valence-electron chi connectivity index (χ1n) is 12.4. The van der Waals surface area contributed by atoms with Crippen LogP contribution in [-0.2, 0) is 21.4 Å². The predicted octanol–water partition coefficient (Wildman–Crippen LogP) is 5.46. The van der Waals surface area contributed by atoms with Crippen molar-refractivity contribution in [3.05, 3.63) is 77.6 Å². The number of fused-ring (bicyclic) bond motifs is 1. The van der Waals surface area contributed by atoms with Crippen molar-refractivity contribution in [1.29, 1.82) is 0 Å². The molecule has 2 aliphatic rings. The van der Waals surface area contributed by atoms with Crippen LogP contribution in [-0.4, -0.2) is 42.1 Å². The Morgan fingerprint density at radius 2 is 1.94 bits per heavy atom. The van der Waals surface area contributed by atoms with Crippen LogP contribution in [0.2, 0.25) is 0 Å². The smallest absolute Gasteiger partial charge is 0.233 e. The van der Waals surface area contributed by atoms with Gasteiger partial charge in [-0.2, -0.15) is 0 Å². The van der Waals surface area contributed by atoms with Crippen LogP contribution in [0.5, 0.6) is 0 Å². The van der Waals surface area contributed by atoms with Gasteiger partial charge in [-0.1, -0.05) is 48.0 Å². The number of hydrogen-bond donors (Lipinski definition) is 0. The second-order valence-electron chi connectivity index (χ2n) is 9.91. The topological polar surface area (TPSA) is 42.4 Å². The molecule has 0 aliphatic carbocycles. The lowest BCUT2D eigenvalue weighted by molar-refractivity contribution is -0.141. The number of pyridine rings is 1. The molecule has 0 bridgehead atoms. The van der Waals surface area contributed by atoms with Crippen LogP contribution in [0.25, 0.3) is 10.8 Å². The summed E-state index contributed by atoms with van der Waals surface area (Å²) in [5, 5.41) is 2.45. The van der Waals surface area contributed by atoms with Gasteiger partial charge in [-0.25, -0.2) is 0 Å². The zero-order valence-electron chi connectivity index (χ0n) is 19.6. The van der Waals surface area contributed by atoms with Gasteiger partial charge in [0, 0.05) is 44.1 Å². The van der Waals surface area contributed by atoms with Crippen LogP contribution in [0.3, 0.4) is 0 Å². The summed E-state index contributed by atoms with van der Waals surface area (Å²) in [6.07, 6.45) is 9.75. The maximum atomic E-state index is 14.0. The summed E-state index contributed by atoms with van der Waals surface area (Å²) >= 11 is 0. The summed E-state index contributed by atoms with van der Waals surface area (Å²) in [5.41, 5.74) is 3.34. The number of carbonyl (C=O) groups excluding carboxylic acids is 1. The second kappa shape index (κ2) is 9.64. The molecule has 1 amide bonds. The molecule has 0 unspecified atom stereocenters. The molecule has 3 aromatic rings. The normalized spacial score (nSPS) is 21.0. The Bertz CT molecular complexity index is 1120. The van der Waals surface area contributed by atoms with Crippen molar-refractivity contribution < 1.29 is 9.53 Å². The van der Waals surface area contributed by atoms with Crippen molar-refractivity contribution in [3.63, 3.8) is 0 Å². The predicted molar refractivity (Wildman–Crippen MR) is 132 cm³/mol. The van der Waals surface area contributed by atoms with E-state index in [9.17, 15) is 4.79 Å². The summed E-state index contributed by atoms with van der Waals surface area (Å²) in [5.74, 6) is 0.932. The molecule has 4 nitrogen and oxygen atoms in total. The van der Waals surface area contributed by atoms with E-state index in [4.69, 9.17) is 4.74 Å². The van der Waals surface area contributed by atoms with Gasteiger partial charge >= 0.3 is 0 Å². The highest BCUT2D eigenvalue weighted by molar-refractivity contribution is 5.88. The fourth-order valence-corrected chi connectivity index (χ4v) is 5.76. The maximum absolute atomic E-state index is 14.0. The zero-order chi connectivity index (χ0) is 22.7. The van der Waals surface area contributed by atoms with Crippen LogP contribution in [0, 0.1) is 12.8 Å². The van der Waals surface area contributed by atoms with Crippen molar-refractivity contribution in [2.45, 2.75) is 50.9 Å². The molecule has 1 atom stereocenters. The molecule has 0 N–H and O–H groups in total. The van der Waals surface area contributed by atoms with Crippen LogP contribution in [0.15, 0.2) is 60.9 Å². The number of aryl methyl sites for hydroxylation is 1. The second-order valence-corrected chi connectivity index (χ2v) is 9.91. The fraction of sp³-hybridized carbons (Fsp3) is 0.448. The van der Waals surface area contributed by atoms with E-state index >= 15 is 0 Å². The third-order valence-electron chi connectivity index (χ3n) is 7.69. The summed E-state index contributed by atoms with van der Waals surface area (Å²) in [6, 6.07) is 17.4. The molecule has 3 heterocycles. The molecule has 2 fully saturated rings. The SMILES string of the molecule is Cc1cccc(C2(C(=O)N3CCC[C@H](Cc4ccc5cnccc5c4)CC3)CCOCC2)c1. The van der Waals surface area contributed by atoms with Crippen LogP contribution in [0.1, 0.15) is 48.8 Å². The van der Waals surface area contributed by atoms with E-state index in [0.717, 1.165) is 45.2 Å². The molecule has 172 valence electrons. The van der Waals surface area contributed by atoms with Crippen molar-refractivity contribution in [2.24, 2.45) is 5.92 Å². The number of ether oxygens (including phenoxy) is 1. The van der Waals surface area contributed by atoms with Gasteiger partial charge in [0.2, 0.25) is 5.91 Å². The number of nitrogens with zero attached hydrogens (tertiary/aromatic N) is 2. The van der Waals surface area contributed by atoms with Crippen molar-refractivity contribution in [1.82, 2.24) is 9.88 Å². The van der Waals surface area contributed by atoms with Crippen molar-refractivity contribution in [2.75, 3.05) is 26.3 Å². The highest BCUT2D eigenvalue weighted by Crippen LogP contribution is 2.38. The molecule has 2 aromatic carbocycles. The highest BCUT2D eigenvalue weighted by Gasteiger charge is 2.44. The van der Waals surface area contributed by atoms with Gasteiger partial charge in [0.15, 0.2) is 0 Å². The van der Waals surface area contributed by atoms with Gasteiger partial charge in [0.1, 0.15) is 0 Å². The molecule has 4 heteroatoms. The molecule has 0 saturated carbocycles. The van der Waals surface area contributed by atoms with Gasteiger partial charge < -0.3 is 9.64 Å². The van der Waals surface area contributed by atoms with E-state index in [1.54, 1.807) is 0 Å². The standard InChI is InChI=1S/C29H34N2O2/c1-22-4-2-6-27(18-22)29(11-16-33-17-12-29)28(32)31-14-3-5-23(10-15-31)19-24-7-8-26-21-30-13-9-25(26)20-24/h2,4,6-9,13,18,20-21,23H,3,5,10-12,14-17,19H2,1H3/t23-/m0/s1. The molecule has 0 spiro atoms. The van der Waals surface area contributed by atoms with E-state index in [1.165, 1.54) is 33.9 Å². The van der Waals surface area contributed by atoms with Gasteiger partial charge in [-0.3, -0.25) is 9.78 Å². The Balaban J connectivity index is 1.30. The number of likely N-dealkylation sites (tertiary alicyclic amines) is 1.